The zero-order chi connectivity index (χ0) is 23.0. The number of hydrogen-bond donors (Lipinski definition) is 1. The van der Waals surface area contributed by atoms with Crippen molar-refractivity contribution in [2.75, 3.05) is 0 Å². The molecular weight excluding hydrogens is 400 g/mol. The molecule has 0 heterocycles. The van der Waals surface area contributed by atoms with Gasteiger partial charge in [-0.1, -0.05) is 62.1 Å². The molecule has 0 aromatic heterocycles. The minimum absolute atomic E-state index is 0.0104. The van der Waals surface area contributed by atoms with E-state index in [0.29, 0.717) is 35.5 Å². The summed E-state index contributed by atoms with van der Waals surface area (Å²) in [5, 5.41) is 11.0. The third kappa shape index (κ3) is 3.40. The van der Waals surface area contributed by atoms with Crippen LogP contribution in [0.2, 0.25) is 0 Å². The molecule has 0 amide bonds. The molecule has 0 spiro atoms. The number of carbonyl (C=O) groups is 2. The van der Waals surface area contributed by atoms with E-state index >= 15 is 0 Å². The monoisotopic (exact) mass is 428 g/mol. The van der Waals surface area contributed by atoms with Crippen molar-refractivity contribution in [1.82, 2.24) is 0 Å². The summed E-state index contributed by atoms with van der Waals surface area (Å²) < 4.78 is 5.85. The molecule has 0 fully saturated rings. The lowest BCUT2D eigenvalue weighted by Crippen LogP contribution is -2.50. The number of rotatable bonds is 5. The second-order valence-electron chi connectivity index (χ2n) is 8.85. The summed E-state index contributed by atoms with van der Waals surface area (Å²) in [7, 11) is 0. The Bertz CT molecular complexity index is 1160. The Kier molecular flexibility index (Phi) is 5.64. The van der Waals surface area contributed by atoms with E-state index in [1.54, 1.807) is 38.1 Å². The third-order valence-electron chi connectivity index (χ3n) is 7.12. The lowest BCUT2D eigenvalue weighted by Gasteiger charge is -2.48. The number of Topliss-reactive ketones (excluding diaryl/α,β-unsaturated/α-hetero) is 2. The smallest absolute Gasteiger partial charge is 0.166 e. The fourth-order valence-electron chi connectivity index (χ4n) is 5.16. The first kappa shape index (κ1) is 21.8. The molecule has 32 heavy (non-hydrogen) atoms. The summed E-state index contributed by atoms with van der Waals surface area (Å²) in [4.78, 5) is 26.6. The molecule has 4 nitrogen and oxygen atoms in total. The normalized spacial score (nSPS) is 25.3. The van der Waals surface area contributed by atoms with Gasteiger partial charge in [0.25, 0.3) is 0 Å². The van der Waals surface area contributed by atoms with E-state index in [0.717, 1.165) is 11.1 Å². The topological polar surface area (TPSA) is 63.6 Å². The maximum Gasteiger partial charge on any atom is 0.166 e. The third-order valence-corrected chi connectivity index (χ3v) is 7.12. The van der Waals surface area contributed by atoms with Gasteiger partial charge >= 0.3 is 0 Å². The van der Waals surface area contributed by atoms with Gasteiger partial charge in [0, 0.05) is 23.5 Å². The Hall–Kier alpha value is -3.40. The summed E-state index contributed by atoms with van der Waals surface area (Å²) >= 11 is 0. The average Bonchev–Trinajstić information content (AvgIpc) is 2.81. The fourth-order valence-corrected chi connectivity index (χ4v) is 5.16. The van der Waals surface area contributed by atoms with Gasteiger partial charge in [-0.2, -0.15) is 0 Å². The predicted octanol–water partition coefficient (Wildman–Crippen LogP) is 5.68. The molecule has 0 bridgehead atoms. The molecule has 0 saturated heterocycles. The van der Waals surface area contributed by atoms with Gasteiger partial charge in [-0.05, 0) is 48.6 Å². The minimum Gasteiger partial charge on any atom is -0.508 e. The van der Waals surface area contributed by atoms with Gasteiger partial charge in [0.1, 0.15) is 18.1 Å². The van der Waals surface area contributed by atoms with Crippen LogP contribution in [0.1, 0.15) is 44.2 Å². The van der Waals surface area contributed by atoms with Crippen molar-refractivity contribution in [1.29, 1.82) is 0 Å². The summed E-state index contributed by atoms with van der Waals surface area (Å²) in [5.41, 5.74) is 2.55. The van der Waals surface area contributed by atoms with Crippen molar-refractivity contribution >= 4 is 11.6 Å². The molecule has 3 atom stereocenters. The number of ether oxygens (including phenoxy) is 1. The highest BCUT2D eigenvalue weighted by Crippen LogP contribution is 2.57. The zero-order valence-corrected chi connectivity index (χ0v) is 18.7. The molecule has 2 aliphatic rings. The molecule has 1 N–H and O–H groups in total. The fraction of sp³-hybridized carbons (Fsp3) is 0.286. The maximum absolute atomic E-state index is 13.5. The Morgan fingerprint density at radius 2 is 1.84 bits per heavy atom. The lowest BCUT2D eigenvalue weighted by molar-refractivity contribution is -0.138. The maximum atomic E-state index is 13.5. The van der Waals surface area contributed by atoms with E-state index < -0.39 is 17.3 Å². The molecule has 2 aromatic rings. The van der Waals surface area contributed by atoms with Crippen molar-refractivity contribution in [2.24, 2.45) is 11.3 Å². The largest absolute Gasteiger partial charge is 0.508 e. The first-order valence-corrected chi connectivity index (χ1v) is 10.9. The molecule has 4 heteroatoms. The van der Waals surface area contributed by atoms with Crippen LogP contribution < -0.4 is 4.74 Å². The Balaban J connectivity index is 1.72. The number of phenolic OH excluding ortho intramolecular Hbond substituents is 1. The summed E-state index contributed by atoms with van der Waals surface area (Å²) in [6.07, 6.45) is 4.19. The number of carbonyl (C=O) groups excluding carboxylic acids is 2. The van der Waals surface area contributed by atoms with Crippen LogP contribution in [0.5, 0.6) is 11.5 Å². The van der Waals surface area contributed by atoms with Gasteiger partial charge in [-0.15, -0.1) is 0 Å². The van der Waals surface area contributed by atoms with Crippen molar-refractivity contribution in [3.8, 4) is 11.5 Å². The first-order valence-electron chi connectivity index (χ1n) is 10.9. The SMILES string of the molecule is C=CC1=CC[C@H]2C(=O)C(C)=C(C)C(=O)[C@@]2(C)[C@H]1c1ccc(OCc2ccccc2)cc1O. The van der Waals surface area contributed by atoms with Gasteiger partial charge in [0.15, 0.2) is 11.6 Å². The highest BCUT2D eigenvalue weighted by Gasteiger charge is 2.56. The second-order valence-corrected chi connectivity index (χ2v) is 8.85. The molecule has 0 aliphatic heterocycles. The van der Waals surface area contributed by atoms with Crippen LogP contribution in [-0.4, -0.2) is 16.7 Å². The van der Waals surface area contributed by atoms with E-state index in [2.05, 4.69) is 6.58 Å². The van der Waals surface area contributed by atoms with Crippen molar-refractivity contribution < 1.29 is 19.4 Å². The Morgan fingerprint density at radius 3 is 2.50 bits per heavy atom. The number of aromatic hydroxyl groups is 1. The lowest BCUT2D eigenvalue weighted by atomic mass is 9.52. The number of ketones is 2. The van der Waals surface area contributed by atoms with Crippen LogP contribution in [-0.2, 0) is 16.2 Å². The molecule has 2 aromatic carbocycles. The summed E-state index contributed by atoms with van der Waals surface area (Å²) in [6, 6.07) is 15.0. The van der Waals surface area contributed by atoms with Crippen molar-refractivity contribution in [3.63, 3.8) is 0 Å². The summed E-state index contributed by atoms with van der Waals surface area (Å²) in [6.45, 7) is 9.63. The second kappa shape index (κ2) is 8.27. The van der Waals surface area contributed by atoms with Gasteiger partial charge in [-0.25, -0.2) is 0 Å². The van der Waals surface area contributed by atoms with Crippen LogP contribution in [0.3, 0.4) is 0 Å². The van der Waals surface area contributed by atoms with Crippen LogP contribution >= 0.6 is 0 Å². The molecule has 0 radical (unpaired) electrons. The van der Waals surface area contributed by atoms with E-state index in [9.17, 15) is 14.7 Å². The Labute approximate surface area is 188 Å². The van der Waals surface area contributed by atoms with Crippen LogP contribution in [0, 0.1) is 11.3 Å². The predicted molar refractivity (Wildman–Crippen MR) is 125 cm³/mol. The highest BCUT2D eigenvalue weighted by molar-refractivity contribution is 6.15. The van der Waals surface area contributed by atoms with Crippen LogP contribution in [0.4, 0.5) is 0 Å². The molecule has 0 saturated carbocycles. The summed E-state index contributed by atoms with van der Waals surface area (Å²) in [5.74, 6) is -0.381. The molecule has 4 rings (SSSR count). The van der Waals surface area contributed by atoms with Crippen molar-refractivity contribution in [2.45, 2.75) is 39.7 Å². The molecular formula is C28H28O4. The van der Waals surface area contributed by atoms with E-state index in [4.69, 9.17) is 4.74 Å². The van der Waals surface area contributed by atoms with Gasteiger partial charge in [-0.3, -0.25) is 9.59 Å². The number of benzene rings is 2. The van der Waals surface area contributed by atoms with Crippen LogP contribution in [0.15, 0.2) is 84.0 Å². The van der Waals surface area contributed by atoms with Gasteiger partial charge in [0.2, 0.25) is 0 Å². The van der Waals surface area contributed by atoms with E-state index in [1.807, 2.05) is 43.3 Å². The first-order chi connectivity index (χ1) is 15.3. The number of hydrogen-bond acceptors (Lipinski definition) is 4. The number of fused-ring (bicyclic) bond motifs is 1. The van der Waals surface area contributed by atoms with E-state index in [1.165, 1.54) is 0 Å². The zero-order valence-electron chi connectivity index (χ0n) is 18.7. The molecule has 2 aliphatic carbocycles. The average molecular weight is 429 g/mol. The Morgan fingerprint density at radius 1 is 1.12 bits per heavy atom. The number of allylic oxidation sites excluding steroid dienone is 5. The van der Waals surface area contributed by atoms with Gasteiger partial charge in [0.05, 0.1) is 5.41 Å². The molecule has 0 unspecified atom stereocenters. The highest BCUT2D eigenvalue weighted by atomic mass is 16.5. The number of phenols is 1. The van der Waals surface area contributed by atoms with Crippen LogP contribution in [0.25, 0.3) is 0 Å². The minimum atomic E-state index is -0.983. The molecule has 164 valence electrons. The quantitative estimate of drug-likeness (QED) is 0.665. The van der Waals surface area contributed by atoms with E-state index in [-0.39, 0.29) is 17.3 Å². The van der Waals surface area contributed by atoms with Gasteiger partial charge < -0.3 is 9.84 Å². The standard InChI is InChI=1S/C28H28O4/c1-5-20-11-14-23-26(30)17(2)18(3)27(31)28(23,4)25(20)22-13-12-21(15-24(22)29)32-16-19-9-7-6-8-10-19/h5-13,15,23,25,29H,1,14,16H2,2-4H3/t23-,25+,28+/m0/s1. The van der Waals surface area contributed by atoms with Crippen molar-refractivity contribution in [3.05, 3.63) is 95.1 Å².